The van der Waals surface area contributed by atoms with Crippen LogP contribution < -0.4 is 0 Å². The number of hydrogen-bond acceptors (Lipinski definition) is 3. The van der Waals surface area contributed by atoms with Crippen molar-refractivity contribution >= 4 is 17.2 Å². The summed E-state index contributed by atoms with van der Waals surface area (Å²) in [6, 6.07) is 13.7. The summed E-state index contributed by atoms with van der Waals surface area (Å²) < 4.78 is 1.78. The van der Waals surface area contributed by atoms with Crippen molar-refractivity contribution in [2.24, 2.45) is 0 Å². The van der Waals surface area contributed by atoms with E-state index in [1.54, 1.807) is 4.68 Å². The molecule has 0 bridgehead atoms. The average Bonchev–Trinajstić information content (AvgIpc) is 2.82. The lowest BCUT2D eigenvalue weighted by Gasteiger charge is -2.08. The van der Waals surface area contributed by atoms with Gasteiger partial charge in [-0.2, -0.15) is 0 Å². The molecule has 4 nitrogen and oxygen atoms in total. The van der Waals surface area contributed by atoms with Crippen LogP contribution in [0.15, 0.2) is 42.5 Å². The summed E-state index contributed by atoms with van der Waals surface area (Å²) in [6.45, 7) is 1.99. The molecule has 1 heterocycles. The summed E-state index contributed by atoms with van der Waals surface area (Å²) in [5.41, 5.74) is 4.62. The van der Waals surface area contributed by atoms with E-state index in [-0.39, 0.29) is 0 Å². The minimum absolute atomic E-state index is 0.856. The Bertz CT molecular complexity index is 727. The Morgan fingerprint density at radius 1 is 1.11 bits per heavy atom. The molecule has 0 aliphatic rings. The summed E-state index contributed by atoms with van der Waals surface area (Å²) in [7, 11) is 0. The maximum atomic E-state index is 7.55. The van der Waals surface area contributed by atoms with Gasteiger partial charge in [0.1, 0.15) is 5.52 Å². The van der Waals surface area contributed by atoms with Gasteiger partial charge in [0.25, 0.3) is 0 Å². The molecule has 0 radical (unpaired) electrons. The van der Waals surface area contributed by atoms with Crippen molar-refractivity contribution in [1.29, 1.82) is 5.41 Å². The van der Waals surface area contributed by atoms with E-state index in [4.69, 9.17) is 5.41 Å². The molecule has 0 fully saturated rings. The molecule has 3 rings (SSSR count). The number of aromatic nitrogens is 3. The Morgan fingerprint density at radius 3 is 2.78 bits per heavy atom. The van der Waals surface area contributed by atoms with Crippen LogP contribution in [0.25, 0.3) is 16.7 Å². The van der Waals surface area contributed by atoms with E-state index in [2.05, 4.69) is 10.3 Å². The van der Waals surface area contributed by atoms with Crippen molar-refractivity contribution < 1.29 is 0 Å². The van der Waals surface area contributed by atoms with Crippen LogP contribution in [-0.4, -0.2) is 21.2 Å². The molecule has 0 aliphatic carbocycles. The van der Waals surface area contributed by atoms with Crippen LogP contribution >= 0.6 is 0 Å². The van der Waals surface area contributed by atoms with Crippen molar-refractivity contribution in [2.45, 2.75) is 6.92 Å². The zero-order valence-corrected chi connectivity index (χ0v) is 9.96. The average molecular weight is 236 g/mol. The van der Waals surface area contributed by atoms with Crippen LogP contribution in [0.1, 0.15) is 11.1 Å². The van der Waals surface area contributed by atoms with Crippen LogP contribution in [0.3, 0.4) is 0 Å². The van der Waals surface area contributed by atoms with Crippen LogP contribution in [0.2, 0.25) is 0 Å². The van der Waals surface area contributed by atoms with Gasteiger partial charge in [-0.25, -0.2) is 4.68 Å². The smallest absolute Gasteiger partial charge is 0.113 e. The predicted molar refractivity (Wildman–Crippen MR) is 71.5 cm³/mol. The number of para-hydroxylation sites is 1. The molecule has 2 aromatic carbocycles. The molecule has 4 heteroatoms. The van der Waals surface area contributed by atoms with Crippen LogP contribution in [0, 0.1) is 12.3 Å². The number of benzene rings is 2. The van der Waals surface area contributed by atoms with Crippen molar-refractivity contribution in [3.05, 3.63) is 53.6 Å². The second-order valence-corrected chi connectivity index (χ2v) is 4.14. The molecule has 0 spiro atoms. The van der Waals surface area contributed by atoms with Gasteiger partial charge in [0.15, 0.2) is 0 Å². The van der Waals surface area contributed by atoms with Gasteiger partial charge in [-0.05, 0) is 30.7 Å². The third-order valence-corrected chi connectivity index (χ3v) is 3.03. The molecule has 3 aromatic rings. The normalized spacial score (nSPS) is 10.7. The standard InChI is InChI=1S/C14H12N4/c1-10-5-4-8-13(11(10)9-15)18-14-7-3-2-6-12(14)16-17-18/h2-9,15H,1H3. The number of rotatable bonds is 2. The molecule has 0 saturated heterocycles. The monoisotopic (exact) mass is 236 g/mol. The minimum Gasteiger partial charge on any atom is -0.308 e. The summed E-state index contributed by atoms with van der Waals surface area (Å²) in [4.78, 5) is 0. The number of nitrogens with zero attached hydrogens (tertiary/aromatic N) is 3. The lowest BCUT2D eigenvalue weighted by Crippen LogP contribution is -2.02. The second-order valence-electron chi connectivity index (χ2n) is 4.14. The van der Waals surface area contributed by atoms with E-state index in [1.807, 2.05) is 49.4 Å². The first-order valence-electron chi connectivity index (χ1n) is 5.72. The zero-order valence-electron chi connectivity index (χ0n) is 9.96. The Hall–Kier alpha value is -2.49. The van der Waals surface area contributed by atoms with Crippen LogP contribution in [0.5, 0.6) is 0 Å². The highest BCUT2D eigenvalue weighted by molar-refractivity contribution is 5.86. The van der Waals surface area contributed by atoms with Crippen LogP contribution in [0.4, 0.5) is 0 Å². The van der Waals surface area contributed by atoms with E-state index < -0.39 is 0 Å². The maximum absolute atomic E-state index is 7.55. The molecular formula is C14H12N4. The van der Waals surface area contributed by atoms with Gasteiger partial charge in [-0.3, -0.25) is 0 Å². The fourth-order valence-corrected chi connectivity index (χ4v) is 2.08. The van der Waals surface area contributed by atoms with E-state index in [9.17, 15) is 0 Å². The van der Waals surface area contributed by atoms with E-state index in [1.165, 1.54) is 6.21 Å². The van der Waals surface area contributed by atoms with Gasteiger partial charge in [-0.1, -0.05) is 29.5 Å². The molecule has 0 atom stereocenters. The van der Waals surface area contributed by atoms with E-state index >= 15 is 0 Å². The topological polar surface area (TPSA) is 54.6 Å². The maximum Gasteiger partial charge on any atom is 0.113 e. The van der Waals surface area contributed by atoms with Gasteiger partial charge >= 0.3 is 0 Å². The van der Waals surface area contributed by atoms with Crippen molar-refractivity contribution in [2.75, 3.05) is 0 Å². The fourth-order valence-electron chi connectivity index (χ4n) is 2.08. The summed E-state index contributed by atoms with van der Waals surface area (Å²) in [5.74, 6) is 0. The minimum atomic E-state index is 0.856. The second kappa shape index (κ2) is 4.07. The Kier molecular flexibility index (Phi) is 2.41. The van der Waals surface area contributed by atoms with Crippen molar-refractivity contribution in [3.8, 4) is 5.69 Å². The van der Waals surface area contributed by atoms with Crippen LogP contribution in [-0.2, 0) is 0 Å². The highest BCUT2D eigenvalue weighted by Gasteiger charge is 2.10. The molecule has 18 heavy (non-hydrogen) atoms. The van der Waals surface area contributed by atoms with Gasteiger partial charge < -0.3 is 5.41 Å². The molecule has 0 unspecified atom stereocenters. The van der Waals surface area contributed by atoms with Gasteiger partial charge in [0.2, 0.25) is 0 Å². The number of aryl methyl sites for hydroxylation is 1. The van der Waals surface area contributed by atoms with Gasteiger partial charge in [0, 0.05) is 11.8 Å². The van der Waals surface area contributed by atoms with Gasteiger partial charge in [0.05, 0.1) is 11.2 Å². The highest BCUT2D eigenvalue weighted by Crippen LogP contribution is 2.20. The Labute approximate surface area is 104 Å². The van der Waals surface area contributed by atoms with Gasteiger partial charge in [-0.15, -0.1) is 5.10 Å². The largest absolute Gasteiger partial charge is 0.308 e. The van der Waals surface area contributed by atoms with Crippen molar-refractivity contribution in [3.63, 3.8) is 0 Å². The highest BCUT2D eigenvalue weighted by atomic mass is 15.4. The summed E-state index contributed by atoms with van der Waals surface area (Å²) in [6.07, 6.45) is 1.36. The third-order valence-electron chi connectivity index (χ3n) is 3.03. The number of hydrogen-bond donors (Lipinski definition) is 1. The van der Waals surface area contributed by atoms with E-state index in [0.717, 1.165) is 27.8 Å². The molecule has 0 aliphatic heterocycles. The predicted octanol–water partition coefficient (Wildman–Crippen LogP) is 2.73. The first kappa shape index (κ1) is 10.7. The molecule has 1 aromatic heterocycles. The zero-order chi connectivity index (χ0) is 12.5. The lowest BCUT2D eigenvalue weighted by molar-refractivity contribution is 0.822. The molecule has 0 saturated carbocycles. The van der Waals surface area contributed by atoms with Crippen molar-refractivity contribution in [1.82, 2.24) is 15.0 Å². The SMILES string of the molecule is Cc1cccc(-n2nnc3ccccc32)c1C=N. The summed E-state index contributed by atoms with van der Waals surface area (Å²) in [5, 5.41) is 15.9. The number of nitrogens with one attached hydrogen (secondary N) is 1. The summed E-state index contributed by atoms with van der Waals surface area (Å²) >= 11 is 0. The lowest BCUT2D eigenvalue weighted by atomic mass is 10.1. The number of fused-ring (bicyclic) bond motifs is 1. The third kappa shape index (κ3) is 1.50. The first-order valence-corrected chi connectivity index (χ1v) is 5.72. The Morgan fingerprint density at radius 2 is 1.94 bits per heavy atom. The molecular weight excluding hydrogens is 224 g/mol. The molecule has 1 N–H and O–H groups in total. The quantitative estimate of drug-likeness (QED) is 0.695. The first-order chi connectivity index (χ1) is 8.81. The fraction of sp³-hybridized carbons (Fsp3) is 0.0714. The van der Waals surface area contributed by atoms with E-state index in [0.29, 0.717) is 0 Å². The Balaban J connectivity index is 2.33. The molecule has 88 valence electrons. The molecule has 0 amide bonds.